The molecule has 0 aromatic heterocycles. The molecule has 1 saturated carbocycles. The monoisotopic (exact) mass is 156 g/mol. The lowest BCUT2D eigenvalue weighted by Crippen LogP contribution is -2.37. The van der Waals surface area contributed by atoms with Crippen molar-refractivity contribution < 1.29 is 9.84 Å². The van der Waals surface area contributed by atoms with Crippen molar-refractivity contribution in [2.75, 3.05) is 6.61 Å². The Kier molecular flexibility index (Phi) is 2.94. The van der Waals surface area contributed by atoms with Crippen LogP contribution in [0.25, 0.3) is 0 Å². The fourth-order valence-corrected chi connectivity index (χ4v) is 1.69. The maximum Gasteiger partial charge on any atom is 0.131 e. The Labute approximate surface area is 67.9 Å². The van der Waals surface area contributed by atoms with Crippen molar-refractivity contribution >= 4 is 0 Å². The van der Waals surface area contributed by atoms with Gasteiger partial charge in [0.2, 0.25) is 0 Å². The van der Waals surface area contributed by atoms with Crippen LogP contribution >= 0.6 is 0 Å². The maximum atomic E-state index is 9.10. The maximum absolute atomic E-state index is 9.10. The number of rotatable bonds is 3. The summed E-state index contributed by atoms with van der Waals surface area (Å²) in [6.45, 7) is 3.64. The topological polar surface area (TPSA) is 29.5 Å². The molecule has 0 aromatic rings. The molecule has 0 bridgehead atoms. The molecule has 0 spiro atoms. The highest BCUT2D eigenvalue weighted by Crippen LogP contribution is 2.31. The normalized spacial score (nSPS) is 22.6. The van der Waals surface area contributed by atoms with Gasteiger partial charge in [-0.25, -0.2) is 0 Å². The fourth-order valence-electron chi connectivity index (χ4n) is 1.69. The average molecular weight is 156 g/mol. The Balaban J connectivity index is 2.49. The van der Waals surface area contributed by atoms with Crippen LogP contribution in [-0.2, 0) is 4.74 Å². The molecule has 64 valence electrons. The third-order valence-electron chi connectivity index (χ3n) is 2.39. The van der Waals surface area contributed by atoms with Gasteiger partial charge in [0.1, 0.15) is 5.60 Å². The quantitative estimate of drug-likeness (QED) is 0.632. The lowest BCUT2D eigenvalue weighted by atomic mass is 9.85. The minimum Gasteiger partial charge on any atom is -0.493 e. The van der Waals surface area contributed by atoms with Gasteiger partial charge in [0.25, 0.3) is 0 Å². The molecule has 2 nitrogen and oxygen atoms in total. The van der Waals surface area contributed by atoms with Gasteiger partial charge in [-0.2, -0.15) is 0 Å². The number of ether oxygens (including phenoxy) is 1. The lowest BCUT2D eigenvalue weighted by molar-refractivity contribution is -0.0525. The summed E-state index contributed by atoms with van der Waals surface area (Å²) in [7, 11) is 0. The van der Waals surface area contributed by atoms with Gasteiger partial charge in [-0.05, 0) is 25.7 Å². The second kappa shape index (κ2) is 3.77. The standard InChI is InChI=1S/C9H16O2/c1-2-11-9(8-10)6-4-3-5-7-9/h2,10H,1,3-8H2. The summed E-state index contributed by atoms with van der Waals surface area (Å²) in [5.41, 5.74) is -0.292. The summed E-state index contributed by atoms with van der Waals surface area (Å²) < 4.78 is 5.33. The van der Waals surface area contributed by atoms with Crippen molar-refractivity contribution in [1.82, 2.24) is 0 Å². The van der Waals surface area contributed by atoms with Crippen molar-refractivity contribution in [2.24, 2.45) is 0 Å². The van der Waals surface area contributed by atoms with Crippen molar-refractivity contribution in [3.63, 3.8) is 0 Å². The first kappa shape index (κ1) is 8.60. The average Bonchev–Trinajstić information content (AvgIpc) is 2.07. The Morgan fingerprint density at radius 3 is 2.45 bits per heavy atom. The van der Waals surface area contributed by atoms with E-state index in [0.29, 0.717) is 0 Å². The summed E-state index contributed by atoms with van der Waals surface area (Å²) in [4.78, 5) is 0. The van der Waals surface area contributed by atoms with E-state index in [1.54, 1.807) is 0 Å². The van der Waals surface area contributed by atoms with Gasteiger partial charge < -0.3 is 9.84 Å². The fraction of sp³-hybridized carbons (Fsp3) is 0.778. The van der Waals surface area contributed by atoms with Crippen molar-refractivity contribution in [2.45, 2.75) is 37.7 Å². The smallest absolute Gasteiger partial charge is 0.131 e. The molecule has 0 aliphatic heterocycles. The van der Waals surface area contributed by atoms with Crippen LogP contribution in [0.1, 0.15) is 32.1 Å². The van der Waals surface area contributed by atoms with Gasteiger partial charge in [-0.3, -0.25) is 0 Å². The molecule has 0 radical (unpaired) electrons. The SMILES string of the molecule is C=COC1(CO)CCCCC1. The largest absolute Gasteiger partial charge is 0.493 e. The van der Waals surface area contributed by atoms with Crippen LogP contribution in [0, 0.1) is 0 Å². The lowest BCUT2D eigenvalue weighted by Gasteiger charge is -2.34. The molecule has 0 amide bonds. The number of hydrogen-bond acceptors (Lipinski definition) is 2. The van der Waals surface area contributed by atoms with Crippen LogP contribution in [0.5, 0.6) is 0 Å². The van der Waals surface area contributed by atoms with Gasteiger partial charge in [0.05, 0.1) is 12.9 Å². The second-order valence-electron chi connectivity index (χ2n) is 3.19. The molecule has 0 unspecified atom stereocenters. The van der Waals surface area contributed by atoms with Crippen LogP contribution < -0.4 is 0 Å². The Morgan fingerprint density at radius 1 is 1.36 bits per heavy atom. The van der Waals surface area contributed by atoms with E-state index in [1.165, 1.54) is 12.7 Å². The third kappa shape index (κ3) is 1.96. The number of hydrogen-bond donors (Lipinski definition) is 1. The zero-order valence-corrected chi connectivity index (χ0v) is 6.88. The highest BCUT2D eigenvalue weighted by Gasteiger charge is 2.31. The molecule has 1 N–H and O–H groups in total. The van der Waals surface area contributed by atoms with Crippen LogP contribution in [0.15, 0.2) is 12.8 Å². The van der Waals surface area contributed by atoms with Crippen LogP contribution in [0.2, 0.25) is 0 Å². The van der Waals surface area contributed by atoms with Crippen molar-refractivity contribution in [1.29, 1.82) is 0 Å². The van der Waals surface area contributed by atoms with Crippen LogP contribution in [0.3, 0.4) is 0 Å². The minimum atomic E-state index is -0.292. The molecule has 0 saturated heterocycles. The summed E-state index contributed by atoms with van der Waals surface area (Å²) in [6, 6.07) is 0. The Bertz CT molecular complexity index is 126. The zero-order valence-electron chi connectivity index (χ0n) is 6.88. The Morgan fingerprint density at radius 2 is 2.00 bits per heavy atom. The van der Waals surface area contributed by atoms with E-state index in [9.17, 15) is 0 Å². The first-order valence-electron chi connectivity index (χ1n) is 4.22. The molecule has 1 rings (SSSR count). The van der Waals surface area contributed by atoms with E-state index in [0.717, 1.165) is 25.7 Å². The molecule has 11 heavy (non-hydrogen) atoms. The van der Waals surface area contributed by atoms with E-state index < -0.39 is 0 Å². The van der Waals surface area contributed by atoms with Gasteiger partial charge in [-0.1, -0.05) is 13.0 Å². The molecular weight excluding hydrogens is 140 g/mol. The van der Waals surface area contributed by atoms with Crippen molar-refractivity contribution in [3.8, 4) is 0 Å². The van der Waals surface area contributed by atoms with Crippen molar-refractivity contribution in [3.05, 3.63) is 12.8 Å². The molecule has 1 aliphatic carbocycles. The molecule has 2 heteroatoms. The molecule has 0 heterocycles. The Hall–Kier alpha value is -0.500. The molecule has 0 aromatic carbocycles. The first-order chi connectivity index (χ1) is 5.33. The molecule has 1 aliphatic rings. The molecule has 1 fully saturated rings. The van der Waals surface area contributed by atoms with Gasteiger partial charge >= 0.3 is 0 Å². The number of aliphatic hydroxyl groups excluding tert-OH is 1. The van der Waals surface area contributed by atoms with E-state index in [1.807, 2.05) is 0 Å². The van der Waals surface area contributed by atoms with Gasteiger partial charge in [0, 0.05) is 0 Å². The van der Waals surface area contributed by atoms with Gasteiger partial charge in [0.15, 0.2) is 0 Å². The molecule has 0 atom stereocenters. The second-order valence-corrected chi connectivity index (χ2v) is 3.19. The van der Waals surface area contributed by atoms with E-state index >= 15 is 0 Å². The highest BCUT2D eigenvalue weighted by atomic mass is 16.5. The van der Waals surface area contributed by atoms with Crippen LogP contribution in [-0.4, -0.2) is 17.3 Å². The zero-order chi connectivity index (χ0) is 8.16. The van der Waals surface area contributed by atoms with E-state index in [-0.39, 0.29) is 12.2 Å². The predicted molar refractivity (Wildman–Crippen MR) is 44.2 cm³/mol. The van der Waals surface area contributed by atoms with E-state index in [4.69, 9.17) is 9.84 Å². The summed E-state index contributed by atoms with van der Waals surface area (Å²) >= 11 is 0. The summed E-state index contributed by atoms with van der Waals surface area (Å²) in [6.07, 6.45) is 6.97. The predicted octanol–water partition coefficient (Wildman–Crippen LogP) is 1.84. The first-order valence-corrected chi connectivity index (χ1v) is 4.22. The summed E-state index contributed by atoms with van der Waals surface area (Å²) in [5.74, 6) is 0. The van der Waals surface area contributed by atoms with E-state index in [2.05, 4.69) is 6.58 Å². The van der Waals surface area contributed by atoms with Crippen LogP contribution in [0.4, 0.5) is 0 Å². The highest BCUT2D eigenvalue weighted by molar-refractivity contribution is 4.85. The summed E-state index contributed by atoms with van der Waals surface area (Å²) in [5, 5.41) is 9.10. The third-order valence-corrected chi connectivity index (χ3v) is 2.39. The molecular formula is C9H16O2. The minimum absolute atomic E-state index is 0.124. The number of aliphatic hydroxyl groups is 1. The van der Waals surface area contributed by atoms with Gasteiger partial charge in [-0.15, -0.1) is 0 Å².